The number of phenolic OH excluding ortho intramolecular Hbond substituents is 1. The fraction of sp³-hybridized carbons (Fsp3) is 0. The van der Waals surface area contributed by atoms with Crippen molar-refractivity contribution in [3.05, 3.63) is 102 Å². The summed E-state index contributed by atoms with van der Waals surface area (Å²) < 4.78 is 0. The number of phenols is 1. The van der Waals surface area contributed by atoms with E-state index in [9.17, 15) is 5.11 Å². The van der Waals surface area contributed by atoms with Gasteiger partial charge in [0.2, 0.25) is 0 Å². The number of nitrogens with zero attached hydrogens (tertiary/aromatic N) is 2. The molecule has 2 aromatic carbocycles. The quantitative estimate of drug-likeness (QED) is 0.247. The van der Waals surface area contributed by atoms with E-state index in [1.165, 1.54) is 0 Å². The second kappa shape index (κ2) is 7.57. The molecule has 0 saturated heterocycles. The molecule has 8 bridgehead atoms. The summed E-state index contributed by atoms with van der Waals surface area (Å²) in [4.78, 5) is 16.5. The van der Waals surface area contributed by atoms with Gasteiger partial charge in [0.15, 0.2) is 0 Å². The van der Waals surface area contributed by atoms with Crippen molar-refractivity contribution in [2.75, 3.05) is 0 Å². The summed E-state index contributed by atoms with van der Waals surface area (Å²) >= 11 is 0. The number of benzene rings is 2. The Labute approximate surface area is 200 Å². The van der Waals surface area contributed by atoms with Crippen molar-refractivity contribution in [1.29, 1.82) is 0 Å². The van der Waals surface area contributed by atoms with Crippen LogP contribution in [0.2, 0.25) is 0 Å². The van der Waals surface area contributed by atoms with Gasteiger partial charge < -0.3 is 15.1 Å². The maximum absolute atomic E-state index is 10.9. The van der Waals surface area contributed by atoms with Crippen LogP contribution in [0.25, 0.3) is 68.3 Å². The molecule has 0 radical (unpaired) electrons. The van der Waals surface area contributed by atoms with Gasteiger partial charge in [0.05, 0.1) is 22.8 Å². The van der Waals surface area contributed by atoms with E-state index in [2.05, 4.69) is 22.1 Å². The second-order valence-electron chi connectivity index (χ2n) is 8.77. The first-order valence-corrected chi connectivity index (χ1v) is 11.5. The summed E-state index contributed by atoms with van der Waals surface area (Å²) in [5.74, 6) is 0.241. The standard InChI is InChI=1S/C30H20N4O/c35-29-12-5-18-3-1-2-4-26(18)30(29)27-16-25-15-23-9-8-21(32-23)13-19-6-7-20(31-19)14-22-10-11-24(33-22)17-28(27)34-25/h1-17,31,34-35H. The summed E-state index contributed by atoms with van der Waals surface area (Å²) in [5, 5.41) is 13.0. The number of aromatic hydroxyl groups is 1. The van der Waals surface area contributed by atoms with Gasteiger partial charge in [0.25, 0.3) is 0 Å². The highest BCUT2D eigenvalue weighted by atomic mass is 16.3. The molecule has 35 heavy (non-hydrogen) atoms. The summed E-state index contributed by atoms with van der Waals surface area (Å²) in [6, 6.07) is 26.0. The molecule has 0 atom stereocenters. The highest BCUT2D eigenvalue weighted by molar-refractivity contribution is 6.04. The van der Waals surface area contributed by atoms with Gasteiger partial charge in [0, 0.05) is 33.2 Å². The number of rotatable bonds is 1. The number of aromatic amines is 2. The topological polar surface area (TPSA) is 77.6 Å². The molecular formula is C30H20N4O. The number of H-pyrrole nitrogens is 2. The molecule has 5 aromatic rings. The highest BCUT2D eigenvalue weighted by Gasteiger charge is 2.14. The van der Waals surface area contributed by atoms with Crippen molar-refractivity contribution >= 4 is 57.1 Å². The molecule has 0 aliphatic carbocycles. The Kier molecular flexibility index (Phi) is 4.23. The summed E-state index contributed by atoms with van der Waals surface area (Å²) in [5.41, 5.74) is 8.91. The number of nitrogens with one attached hydrogen (secondary N) is 2. The molecule has 166 valence electrons. The molecule has 0 amide bonds. The van der Waals surface area contributed by atoms with Gasteiger partial charge in [-0.3, -0.25) is 0 Å². The van der Waals surface area contributed by atoms with Gasteiger partial charge in [-0.2, -0.15) is 0 Å². The maximum atomic E-state index is 10.9. The van der Waals surface area contributed by atoms with Crippen LogP contribution in [0.1, 0.15) is 22.8 Å². The molecule has 0 fully saturated rings. The average molecular weight is 453 g/mol. The van der Waals surface area contributed by atoms with Crippen LogP contribution >= 0.6 is 0 Å². The van der Waals surface area contributed by atoms with Crippen molar-refractivity contribution in [3.63, 3.8) is 0 Å². The number of hydrogen-bond donors (Lipinski definition) is 3. The molecule has 3 N–H and O–H groups in total. The zero-order chi connectivity index (χ0) is 23.4. The molecule has 2 aliphatic heterocycles. The van der Waals surface area contributed by atoms with Gasteiger partial charge in [-0.25, -0.2) is 9.97 Å². The van der Waals surface area contributed by atoms with Gasteiger partial charge in [-0.05, 0) is 83.6 Å². The van der Waals surface area contributed by atoms with E-state index in [1.54, 1.807) is 6.07 Å². The zero-order valence-electron chi connectivity index (χ0n) is 18.7. The molecule has 0 saturated carbocycles. The lowest BCUT2D eigenvalue weighted by Crippen LogP contribution is -1.82. The smallest absolute Gasteiger partial charge is 0.124 e. The summed E-state index contributed by atoms with van der Waals surface area (Å²) in [6.07, 6.45) is 8.02. The molecule has 0 spiro atoms. The molecular weight excluding hydrogens is 432 g/mol. The van der Waals surface area contributed by atoms with E-state index in [4.69, 9.17) is 9.97 Å². The van der Waals surface area contributed by atoms with Gasteiger partial charge in [-0.15, -0.1) is 0 Å². The predicted molar refractivity (Wildman–Crippen MR) is 143 cm³/mol. The van der Waals surface area contributed by atoms with Crippen LogP contribution in [0.5, 0.6) is 5.75 Å². The van der Waals surface area contributed by atoms with E-state index < -0.39 is 0 Å². The highest BCUT2D eigenvalue weighted by Crippen LogP contribution is 2.39. The van der Waals surface area contributed by atoms with Crippen molar-refractivity contribution in [2.45, 2.75) is 0 Å². The Morgan fingerprint density at radius 3 is 1.91 bits per heavy atom. The lowest BCUT2D eigenvalue weighted by Gasteiger charge is -2.08. The second-order valence-corrected chi connectivity index (χ2v) is 8.77. The molecule has 7 rings (SSSR count). The predicted octanol–water partition coefficient (Wildman–Crippen LogP) is 7.18. The number of fused-ring (bicyclic) bond motifs is 9. The number of aromatic nitrogens is 4. The van der Waals surface area contributed by atoms with Crippen molar-refractivity contribution in [1.82, 2.24) is 19.9 Å². The van der Waals surface area contributed by atoms with Crippen LogP contribution in [0.15, 0.2) is 78.9 Å². The Morgan fingerprint density at radius 1 is 0.571 bits per heavy atom. The minimum atomic E-state index is 0.241. The Hall–Kier alpha value is -4.90. The lowest BCUT2D eigenvalue weighted by molar-refractivity contribution is 0.478. The Morgan fingerprint density at radius 2 is 1.20 bits per heavy atom. The molecule has 5 nitrogen and oxygen atoms in total. The lowest BCUT2D eigenvalue weighted by atomic mass is 9.97. The molecule has 3 aromatic heterocycles. The minimum Gasteiger partial charge on any atom is -0.507 e. The first-order chi connectivity index (χ1) is 17.2. The fourth-order valence-corrected chi connectivity index (χ4v) is 4.77. The van der Waals surface area contributed by atoms with Crippen molar-refractivity contribution < 1.29 is 5.11 Å². The largest absolute Gasteiger partial charge is 0.507 e. The third kappa shape index (κ3) is 3.50. The minimum absolute atomic E-state index is 0.241. The Balaban J connectivity index is 1.58. The van der Waals surface area contributed by atoms with Crippen molar-refractivity contribution in [2.24, 2.45) is 0 Å². The summed E-state index contributed by atoms with van der Waals surface area (Å²) in [7, 11) is 0. The first kappa shape index (κ1) is 19.6. The van der Waals surface area contributed by atoms with E-state index >= 15 is 0 Å². The third-order valence-corrected chi connectivity index (χ3v) is 6.34. The Bertz CT molecular complexity index is 1870. The van der Waals surface area contributed by atoms with Crippen LogP contribution in [0, 0.1) is 0 Å². The van der Waals surface area contributed by atoms with Crippen LogP contribution in [0.3, 0.4) is 0 Å². The van der Waals surface area contributed by atoms with E-state index in [1.807, 2.05) is 85.0 Å². The van der Waals surface area contributed by atoms with E-state index in [0.29, 0.717) is 0 Å². The molecule has 2 aliphatic rings. The molecule has 5 heterocycles. The monoisotopic (exact) mass is 452 g/mol. The maximum Gasteiger partial charge on any atom is 0.124 e. The first-order valence-electron chi connectivity index (χ1n) is 11.5. The van der Waals surface area contributed by atoms with Crippen molar-refractivity contribution in [3.8, 4) is 16.9 Å². The van der Waals surface area contributed by atoms with E-state index in [0.717, 1.165) is 66.7 Å². The molecule has 0 unspecified atom stereocenters. The van der Waals surface area contributed by atoms with E-state index in [-0.39, 0.29) is 5.75 Å². The van der Waals surface area contributed by atoms with Crippen LogP contribution in [-0.4, -0.2) is 25.0 Å². The van der Waals surface area contributed by atoms with Crippen LogP contribution < -0.4 is 0 Å². The normalized spacial score (nSPS) is 12.5. The zero-order valence-corrected chi connectivity index (χ0v) is 18.7. The average Bonchev–Trinajstić information content (AvgIpc) is 3.65. The summed E-state index contributed by atoms with van der Waals surface area (Å²) in [6.45, 7) is 0. The fourth-order valence-electron chi connectivity index (χ4n) is 4.77. The number of hydrogen-bond acceptors (Lipinski definition) is 3. The SMILES string of the molecule is Oc1ccc2ccccc2c1-c1cc2cc3nc(cc4ccc(cc5nc(cc1[nH]2)C=C5)[nH]4)C=C3. The van der Waals surface area contributed by atoms with Crippen LogP contribution in [-0.2, 0) is 0 Å². The van der Waals surface area contributed by atoms with Gasteiger partial charge in [0.1, 0.15) is 5.75 Å². The molecule has 5 heteroatoms. The van der Waals surface area contributed by atoms with Crippen LogP contribution in [0.4, 0.5) is 0 Å². The van der Waals surface area contributed by atoms with Gasteiger partial charge >= 0.3 is 0 Å². The van der Waals surface area contributed by atoms with Gasteiger partial charge in [-0.1, -0.05) is 30.3 Å². The third-order valence-electron chi connectivity index (χ3n) is 6.34.